The number of rotatable bonds is 6. The molecule has 0 unspecified atom stereocenters. The van der Waals surface area contributed by atoms with E-state index in [1.54, 1.807) is 0 Å². The molecule has 4 heteroatoms. The topological polar surface area (TPSA) is 9.23 Å². The molecule has 30 heavy (non-hydrogen) atoms. The molecule has 0 spiro atoms. The summed E-state index contributed by atoms with van der Waals surface area (Å²) in [5.74, 6) is -0.0471. The average molecular weight is 481 g/mol. The quantitative estimate of drug-likeness (QED) is 0.385. The predicted molar refractivity (Wildman–Crippen MR) is 122 cm³/mol. The number of benzene rings is 4. The summed E-state index contributed by atoms with van der Waals surface area (Å²) in [6.45, 7) is 0. The maximum Gasteiger partial charge on any atom is 0.165 e. The number of halogens is 2. The van der Waals surface area contributed by atoms with Crippen LogP contribution in [0.15, 0.2) is 109 Å². The van der Waals surface area contributed by atoms with Crippen molar-refractivity contribution in [2.24, 2.45) is 0 Å². The van der Waals surface area contributed by atoms with Crippen LogP contribution in [0.2, 0.25) is 0 Å². The van der Waals surface area contributed by atoms with Gasteiger partial charge in [-0.3, -0.25) is 0 Å². The molecular formula is C26H23BrFOP. The lowest BCUT2D eigenvalue weighted by Crippen LogP contribution is -3.00. The smallest absolute Gasteiger partial charge is 0.165 e. The molecule has 0 heterocycles. The van der Waals surface area contributed by atoms with Gasteiger partial charge in [0, 0.05) is 0 Å². The Kier molecular flexibility index (Phi) is 7.42. The van der Waals surface area contributed by atoms with Gasteiger partial charge in [0.1, 0.15) is 23.2 Å². The van der Waals surface area contributed by atoms with E-state index in [9.17, 15) is 4.39 Å². The van der Waals surface area contributed by atoms with Gasteiger partial charge in [0.25, 0.3) is 0 Å². The van der Waals surface area contributed by atoms with Crippen molar-refractivity contribution in [1.29, 1.82) is 0 Å². The summed E-state index contributed by atoms with van der Waals surface area (Å²) in [5, 5.41) is 3.92. The Labute approximate surface area is 188 Å². The molecule has 4 rings (SSSR count). The van der Waals surface area contributed by atoms with Crippen LogP contribution in [0.4, 0.5) is 4.39 Å². The van der Waals surface area contributed by atoms with Crippen molar-refractivity contribution in [3.8, 4) is 5.75 Å². The summed E-state index contributed by atoms with van der Waals surface area (Å²) in [5.41, 5.74) is 1.06. The first-order valence-corrected chi connectivity index (χ1v) is 11.6. The van der Waals surface area contributed by atoms with E-state index in [2.05, 4.69) is 91.0 Å². The zero-order valence-electron chi connectivity index (χ0n) is 16.7. The molecular weight excluding hydrogens is 458 g/mol. The molecule has 0 aromatic heterocycles. The third kappa shape index (κ3) is 4.33. The van der Waals surface area contributed by atoms with Crippen LogP contribution in [-0.2, 0) is 6.16 Å². The third-order valence-electron chi connectivity index (χ3n) is 5.23. The fourth-order valence-electron chi connectivity index (χ4n) is 3.84. The molecule has 0 bridgehead atoms. The number of hydrogen-bond acceptors (Lipinski definition) is 1. The zero-order valence-corrected chi connectivity index (χ0v) is 19.2. The Morgan fingerprint density at radius 3 is 1.50 bits per heavy atom. The van der Waals surface area contributed by atoms with Crippen molar-refractivity contribution in [1.82, 2.24) is 0 Å². The maximum atomic E-state index is 14.1. The Bertz CT molecular complexity index is 975. The molecule has 0 N–H and O–H groups in total. The Balaban J connectivity index is 0.00000256. The van der Waals surface area contributed by atoms with Gasteiger partial charge in [-0.1, -0.05) is 60.7 Å². The van der Waals surface area contributed by atoms with Gasteiger partial charge in [0.05, 0.1) is 13.3 Å². The fraction of sp³-hybridized carbons (Fsp3) is 0.0769. The lowest BCUT2D eigenvalue weighted by atomic mass is 10.2. The highest BCUT2D eigenvalue weighted by Crippen LogP contribution is 2.58. The molecule has 0 fully saturated rings. The van der Waals surface area contributed by atoms with Crippen LogP contribution in [0.3, 0.4) is 0 Å². The Morgan fingerprint density at radius 1 is 0.667 bits per heavy atom. The summed E-state index contributed by atoms with van der Waals surface area (Å²) in [6.07, 6.45) is 0.793. The van der Waals surface area contributed by atoms with E-state index in [1.165, 1.54) is 29.1 Å². The van der Waals surface area contributed by atoms with Gasteiger partial charge < -0.3 is 21.7 Å². The normalized spacial score (nSPS) is 10.9. The summed E-state index contributed by atoms with van der Waals surface area (Å²) in [7, 11) is -0.489. The van der Waals surface area contributed by atoms with Crippen LogP contribution in [0.25, 0.3) is 0 Å². The van der Waals surface area contributed by atoms with Crippen LogP contribution in [-0.4, -0.2) is 7.11 Å². The van der Waals surface area contributed by atoms with Gasteiger partial charge in [-0.05, 0) is 54.1 Å². The minimum absolute atomic E-state index is 0. The maximum absolute atomic E-state index is 14.1. The SMILES string of the molecule is COc1cc(C[P+](c2ccccc2)(c2ccccc2)c2ccccc2)ccc1F.[Br-]. The summed E-state index contributed by atoms with van der Waals surface area (Å²) >= 11 is 0. The Hall–Kier alpha value is -2.48. The van der Waals surface area contributed by atoms with Gasteiger partial charge in [-0.25, -0.2) is 4.39 Å². The first-order valence-electron chi connectivity index (χ1n) is 9.61. The second-order valence-corrected chi connectivity index (χ2v) is 10.4. The van der Waals surface area contributed by atoms with Crippen molar-refractivity contribution in [2.75, 3.05) is 7.11 Å². The van der Waals surface area contributed by atoms with E-state index < -0.39 is 7.26 Å². The molecule has 152 valence electrons. The summed E-state index contributed by atoms with van der Waals surface area (Å²) in [6, 6.07) is 37.3. The van der Waals surface area contributed by atoms with Gasteiger partial charge in [0.2, 0.25) is 0 Å². The summed E-state index contributed by atoms with van der Waals surface area (Å²) in [4.78, 5) is 0. The number of ether oxygens (including phenoxy) is 1. The van der Waals surface area contributed by atoms with E-state index in [0.29, 0.717) is 0 Å². The van der Waals surface area contributed by atoms with Crippen molar-refractivity contribution in [2.45, 2.75) is 6.16 Å². The molecule has 0 aliphatic heterocycles. The molecule has 0 aliphatic carbocycles. The Morgan fingerprint density at radius 2 is 1.10 bits per heavy atom. The first-order chi connectivity index (χ1) is 14.2. The molecule has 0 amide bonds. The van der Waals surface area contributed by atoms with Crippen LogP contribution < -0.4 is 37.6 Å². The van der Waals surface area contributed by atoms with Crippen molar-refractivity contribution >= 4 is 23.2 Å². The lowest BCUT2D eigenvalue weighted by molar-refractivity contribution is -0.00000647. The number of methoxy groups -OCH3 is 1. The second kappa shape index (κ2) is 10.0. The first kappa shape index (κ1) is 22.2. The lowest BCUT2D eigenvalue weighted by Gasteiger charge is -2.28. The summed E-state index contributed by atoms with van der Waals surface area (Å²) < 4.78 is 19.3. The minimum Gasteiger partial charge on any atom is -1.00 e. The largest absolute Gasteiger partial charge is 1.00 e. The van der Waals surface area contributed by atoms with Crippen molar-refractivity contribution < 1.29 is 26.1 Å². The highest BCUT2D eigenvalue weighted by Gasteiger charge is 2.45. The molecule has 4 aromatic carbocycles. The average Bonchev–Trinajstić information content (AvgIpc) is 2.80. The van der Waals surface area contributed by atoms with Crippen LogP contribution in [0.5, 0.6) is 5.75 Å². The van der Waals surface area contributed by atoms with Gasteiger partial charge in [-0.2, -0.15) is 0 Å². The fourth-order valence-corrected chi connectivity index (χ4v) is 8.07. The standard InChI is InChI=1S/C26H23FOP.BrH/c1-28-26-19-21(17-18-25(26)27)20-29(22-11-5-2-6-12-22,23-13-7-3-8-14-23)24-15-9-4-10-16-24;/h2-19H,20H2,1H3;1H/q+1;/p-1. The molecule has 0 saturated heterocycles. The molecule has 0 atom stereocenters. The van der Waals surface area contributed by atoms with E-state index in [4.69, 9.17) is 4.74 Å². The highest BCUT2D eigenvalue weighted by molar-refractivity contribution is 7.95. The van der Waals surface area contributed by atoms with Gasteiger partial charge >= 0.3 is 0 Å². The van der Waals surface area contributed by atoms with E-state index in [0.717, 1.165) is 11.7 Å². The highest BCUT2D eigenvalue weighted by atomic mass is 79.9. The van der Waals surface area contributed by atoms with E-state index >= 15 is 0 Å². The molecule has 4 aromatic rings. The van der Waals surface area contributed by atoms with Gasteiger partial charge in [0.15, 0.2) is 11.6 Å². The van der Waals surface area contributed by atoms with E-state index in [-0.39, 0.29) is 28.5 Å². The van der Waals surface area contributed by atoms with Gasteiger partial charge in [-0.15, -0.1) is 0 Å². The van der Waals surface area contributed by atoms with Crippen molar-refractivity contribution in [3.05, 3.63) is 121 Å². The molecule has 0 saturated carbocycles. The monoisotopic (exact) mass is 480 g/mol. The van der Waals surface area contributed by atoms with Crippen LogP contribution >= 0.6 is 7.26 Å². The molecule has 0 aliphatic rings. The van der Waals surface area contributed by atoms with Crippen LogP contribution in [0.1, 0.15) is 5.56 Å². The number of hydrogen-bond donors (Lipinski definition) is 0. The predicted octanol–water partition coefficient (Wildman–Crippen LogP) is 2.33. The van der Waals surface area contributed by atoms with E-state index in [1.807, 2.05) is 12.1 Å². The molecule has 1 nitrogen and oxygen atoms in total. The molecule has 0 radical (unpaired) electrons. The third-order valence-corrected chi connectivity index (χ3v) is 9.60. The second-order valence-electron chi connectivity index (χ2n) is 6.94. The van der Waals surface area contributed by atoms with Crippen molar-refractivity contribution in [3.63, 3.8) is 0 Å². The minimum atomic E-state index is -2.00. The van der Waals surface area contributed by atoms with Crippen LogP contribution in [0, 0.1) is 5.82 Å². The zero-order chi connectivity index (χ0) is 20.1.